The van der Waals surface area contributed by atoms with E-state index in [-0.39, 0.29) is 31.1 Å². The Morgan fingerprint density at radius 3 is 0.859 bits per heavy atom. The maximum absolute atomic E-state index is 12.9. The summed E-state index contributed by atoms with van der Waals surface area (Å²) < 4.78 is 16.9. The fraction of sp³-hybridized carbons (Fsp3) is 0.831. The molecular weight excluding hydrogens is 877 g/mol. The summed E-state index contributed by atoms with van der Waals surface area (Å²) in [5.41, 5.74) is 0. The van der Waals surface area contributed by atoms with Gasteiger partial charge in [0.25, 0.3) is 0 Å². The fourth-order valence-corrected chi connectivity index (χ4v) is 9.09. The van der Waals surface area contributed by atoms with Crippen molar-refractivity contribution in [2.24, 2.45) is 0 Å². The zero-order valence-corrected chi connectivity index (χ0v) is 47.5. The SMILES string of the molecule is CCCCC/C=C\C/C=C\C/C=C\CCCCC(=O)OC[C@H](COC(=O)CCCCCCCCCCCCCCCCCCCCC)OC(=O)CCCCCCCCCCC/C=C\CCCCCCCC. The number of unbranched alkanes of at least 4 members (excludes halogenated alkanes) is 38. The molecule has 71 heavy (non-hydrogen) atoms. The third-order valence-electron chi connectivity index (χ3n) is 13.8. The van der Waals surface area contributed by atoms with Crippen LogP contribution in [0.1, 0.15) is 329 Å². The minimum atomic E-state index is -0.788. The lowest BCUT2D eigenvalue weighted by atomic mass is 10.0. The summed E-state index contributed by atoms with van der Waals surface area (Å²) in [5.74, 6) is -0.905. The number of ether oxygens (including phenoxy) is 3. The molecule has 0 aromatic rings. The molecule has 0 aliphatic rings. The van der Waals surface area contributed by atoms with E-state index in [0.29, 0.717) is 19.3 Å². The molecule has 0 amide bonds. The lowest BCUT2D eigenvalue weighted by Gasteiger charge is -2.18. The molecule has 0 saturated heterocycles. The van der Waals surface area contributed by atoms with Gasteiger partial charge in [0.2, 0.25) is 0 Å². The molecule has 6 nitrogen and oxygen atoms in total. The average molecular weight is 996 g/mol. The van der Waals surface area contributed by atoms with Crippen molar-refractivity contribution in [3.8, 4) is 0 Å². The first-order valence-corrected chi connectivity index (χ1v) is 31.1. The van der Waals surface area contributed by atoms with Gasteiger partial charge in [-0.2, -0.15) is 0 Å². The number of carbonyl (C=O) groups excluding carboxylic acids is 3. The summed E-state index contributed by atoms with van der Waals surface area (Å²) in [6, 6.07) is 0. The van der Waals surface area contributed by atoms with Gasteiger partial charge in [0.15, 0.2) is 6.10 Å². The number of esters is 3. The first-order chi connectivity index (χ1) is 35.0. The molecular formula is C65H118O6. The van der Waals surface area contributed by atoms with Gasteiger partial charge in [-0.05, 0) is 83.5 Å². The highest BCUT2D eigenvalue weighted by Gasteiger charge is 2.19. The topological polar surface area (TPSA) is 78.9 Å². The van der Waals surface area contributed by atoms with Crippen LogP contribution in [0.25, 0.3) is 0 Å². The maximum Gasteiger partial charge on any atom is 0.306 e. The molecule has 0 saturated carbocycles. The van der Waals surface area contributed by atoms with Gasteiger partial charge in [0, 0.05) is 19.3 Å². The van der Waals surface area contributed by atoms with Crippen LogP contribution in [0.4, 0.5) is 0 Å². The van der Waals surface area contributed by atoms with Gasteiger partial charge in [-0.3, -0.25) is 14.4 Å². The molecule has 0 aromatic heterocycles. The van der Waals surface area contributed by atoms with Crippen molar-refractivity contribution in [3.05, 3.63) is 48.6 Å². The van der Waals surface area contributed by atoms with Gasteiger partial charge >= 0.3 is 17.9 Å². The quantitative estimate of drug-likeness (QED) is 0.0261. The first kappa shape index (κ1) is 68.4. The smallest absolute Gasteiger partial charge is 0.306 e. The summed E-state index contributed by atoms with van der Waals surface area (Å²) in [5, 5.41) is 0. The predicted molar refractivity (Wildman–Crippen MR) is 307 cm³/mol. The number of hydrogen-bond donors (Lipinski definition) is 0. The van der Waals surface area contributed by atoms with Crippen LogP contribution in [0.3, 0.4) is 0 Å². The van der Waals surface area contributed by atoms with E-state index >= 15 is 0 Å². The van der Waals surface area contributed by atoms with Crippen molar-refractivity contribution < 1.29 is 28.6 Å². The molecule has 1 atom stereocenters. The van der Waals surface area contributed by atoms with E-state index in [4.69, 9.17) is 14.2 Å². The predicted octanol–water partition coefficient (Wildman–Crippen LogP) is 21.0. The van der Waals surface area contributed by atoms with Crippen molar-refractivity contribution in [3.63, 3.8) is 0 Å². The molecule has 414 valence electrons. The Balaban J connectivity index is 4.37. The zero-order valence-electron chi connectivity index (χ0n) is 47.5. The molecule has 0 N–H and O–H groups in total. The Labute approximate surface area is 441 Å². The third-order valence-corrected chi connectivity index (χ3v) is 13.8. The van der Waals surface area contributed by atoms with E-state index in [1.807, 2.05) is 0 Å². The molecule has 0 aliphatic heterocycles. The second-order valence-electron chi connectivity index (χ2n) is 21.0. The first-order valence-electron chi connectivity index (χ1n) is 31.1. The van der Waals surface area contributed by atoms with E-state index in [1.165, 1.54) is 218 Å². The highest BCUT2D eigenvalue weighted by Crippen LogP contribution is 2.17. The summed E-state index contributed by atoms with van der Waals surface area (Å²) >= 11 is 0. The lowest BCUT2D eigenvalue weighted by Crippen LogP contribution is -2.30. The minimum absolute atomic E-state index is 0.0824. The van der Waals surface area contributed by atoms with Gasteiger partial charge in [-0.25, -0.2) is 0 Å². The standard InChI is InChI=1S/C65H118O6/c1-4-7-10-13-16-19-22-25-28-30-32-34-37-40-43-46-49-52-55-58-64(67)70-61-62(60-69-63(66)57-54-51-48-45-42-39-36-27-24-21-18-15-12-9-6-3)71-65(68)59-56-53-50-47-44-41-38-35-33-31-29-26-23-20-17-14-11-8-5-2/h18,21,26-27,29,36,42,45,62H,4-17,19-20,22-25,28,30-35,37-41,43-44,46-61H2,1-3H3/b21-18-,29-26-,36-27-,45-42-/t62-/m1/s1. The summed E-state index contributed by atoms with van der Waals surface area (Å²) in [4.78, 5) is 38.2. The van der Waals surface area contributed by atoms with Crippen molar-refractivity contribution in [1.82, 2.24) is 0 Å². The zero-order chi connectivity index (χ0) is 51.4. The van der Waals surface area contributed by atoms with Crippen LogP contribution < -0.4 is 0 Å². The monoisotopic (exact) mass is 995 g/mol. The molecule has 0 spiro atoms. The van der Waals surface area contributed by atoms with Crippen LogP contribution in [-0.4, -0.2) is 37.2 Å². The Bertz CT molecular complexity index is 1230. The van der Waals surface area contributed by atoms with Crippen molar-refractivity contribution in [2.75, 3.05) is 13.2 Å². The van der Waals surface area contributed by atoms with Crippen molar-refractivity contribution in [1.29, 1.82) is 0 Å². The van der Waals surface area contributed by atoms with Crippen LogP contribution in [-0.2, 0) is 28.6 Å². The number of allylic oxidation sites excluding steroid dienone is 8. The Hall–Kier alpha value is -2.63. The highest BCUT2D eigenvalue weighted by molar-refractivity contribution is 5.71. The minimum Gasteiger partial charge on any atom is -0.462 e. The van der Waals surface area contributed by atoms with E-state index in [9.17, 15) is 14.4 Å². The highest BCUT2D eigenvalue weighted by atomic mass is 16.6. The molecule has 0 heterocycles. The maximum atomic E-state index is 12.9. The molecule has 0 aromatic carbocycles. The second kappa shape index (κ2) is 59.9. The number of rotatable bonds is 57. The molecule has 6 heteroatoms. The van der Waals surface area contributed by atoms with Crippen molar-refractivity contribution in [2.45, 2.75) is 335 Å². The fourth-order valence-electron chi connectivity index (χ4n) is 9.09. The summed E-state index contributed by atoms with van der Waals surface area (Å²) in [6.07, 6.45) is 74.0. The third kappa shape index (κ3) is 58.1. The van der Waals surface area contributed by atoms with Gasteiger partial charge < -0.3 is 14.2 Å². The van der Waals surface area contributed by atoms with E-state index in [1.54, 1.807) is 0 Å². The van der Waals surface area contributed by atoms with Crippen molar-refractivity contribution >= 4 is 17.9 Å². The summed E-state index contributed by atoms with van der Waals surface area (Å²) in [7, 11) is 0. The largest absolute Gasteiger partial charge is 0.462 e. The van der Waals surface area contributed by atoms with Gasteiger partial charge in [0.05, 0.1) is 0 Å². The lowest BCUT2D eigenvalue weighted by molar-refractivity contribution is -0.167. The average Bonchev–Trinajstić information content (AvgIpc) is 3.37. The summed E-state index contributed by atoms with van der Waals surface area (Å²) in [6.45, 7) is 6.62. The van der Waals surface area contributed by atoms with E-state index in [0.717, 1.165) is 70.6 Å². The van der Waals surface area contributed by atoms with Gasteiger partial charge in [0.1, 0.15) is 13.2 Å². The van der Waals surface area contributed by atoms with E-state index < -0.39 is 6.10 Å². The molecule has 0 aliphatic carbocycles. The molecule has 0 bridgehead atoms. The molecule has 0 unspecified atom stereocenters. The normalized spacial score (nSPS) is 12.3. The Morgan fingerprint density at radius 2 is 0.507 bits per heavy atom. The number of carbonyl (C=O) groups is 3. The van der Waals surface area contributed by atoms with Crippen LogP contribution >= 0.6 is 0 Å². The Kier molecular flexibility index (Phi) is 57.7. The van der Waals surface area contributed by atoms with Crippen LogP contribution in [0, 0.1) is 0 Å². The van der Waals surface area contributed by atoms with E-state index in [2.05, 4.69) is 69.4 Å². The molecule has 0 radical (unpaired) electrons. The van der Waals surface area contributed by atoms with Crippen LogP contribution in [0.2, 0.25) is 0 Å². The molecule has 0 fully saturated rings. The van der Waals surface area contributed by atoms with Crippen LogP contribution in [0.5, 0.6) is 0 Å². The van der Waals surface area contributed by atoms with Crippen LogP contribution in [0.15, 0.2) is 48.6 Å². The molecule has 0 rings (SSSR count). The Morgan fingerprint density at radius 1 is 0.282 bits per heavy atom. The number of hydrogen-bond acceptors (Lipinski definition) is 6. The second-order valence-corrected chi connectivity index (χ2v) is 21.0. The van der Waals surface area contributed by atoms with Gasteiger partial charge in [-0.15, -0.1) is 0 Å². The van der Waals surface area contributed by atoms with Gasteiger partial charge in [-0.1, -0.05) is 275 Å².